The van der Waals surface area contributed by atoms with Crippen molar-refractivity contribution in [1.29, 1.82) is 0 Å². The van der Waals surface area contributed by atoms with Crippen molar-refractivity contribution in [3.8, 4) is 5.75 Å². The van der Waals surface area contributed by atoms with Gasteiger partial charge in [-0.2, -0.15) is 0 Å². The van der Waals surface area contributed by atoms with Gasteiger partial charge in [-0.3, -0.25) is 14.0 Å². The van der Waals surface area contributed by atoms with Crippen LogP contribution >= 0.6 is 0 Å². The molecular weight excluding hydrogens is 344 g/mol. The summed E-state index contributed by atoms with van der Waals surface area (Å²) in [5, 5.41) is 0. The summed E-state index contributed by atoms with van der Waals surface area (Å²) in [6.45, 7) is 11.8. The molecule has 0 amide bonds. The number of aromatic nitrogens is 2. The fourth-order valence-electron chi connectivity index (χ4n) is 3.10. The van der Waals surface area contributed by atoms with Crippen LogP contribution in [0.3, 0.4) is 0 Å². The lowest BCUT2D eigenvalue weighted by Gasteiger charge is -2.21. The molecule has 0 N–H and O–H groups in total. The van der Waals surface area contributed by atoms with E-state index in [0.29, 0.717) is 29.4 Å². The molecule has 2 aromatic heterocycles. The lowest BCUT2D eigenvalue weighted by molar-refractivity contribution is -0.155. The number of aryl methyl sites for hydroxylation is 1. The Hall–Kier alpha value is -2.37. The molecule has 0 bridgehead atoms. The molecule has 0 aromatic carbocycles. The monoisotopic (exact) mass is 374 g/mol. The summed E-state index contributed by atoms with van der Waals surface area (Å²) in [5.74, 6) is 0.301. The van der Waals surface area contributed by atoms with Crippen molar-refractivity contribution >= 4 is 17.4 Å². The highest BCUT2D eigenvalue weighted by atomic mass is 16.6. The van der Waals surface area contributed by atoms with Crippen LogP contribution in [0.25, 0.3) is 5.65 Å². The van der Waals surface area contributed by atoms with E-state index in [-0.39, 0.29) is 30.5 Å². The zero-order valence-electron chi connectivity index (χ0n) is 17.2. The zero-order valence-corrected chi connectivity index (χ0v) is 17.2. The molecule has 6 nitrogen and oxygen atoms in total. The van der Waals surface area contributed by atoms with Crippen molar-refractivity contribution in [3.63, 3.8) is 0 Å². The van der Waals surface area contributed by atoms with E-state index >= 15 is 0 Å². The lowest BCUT2D eigenvalue weighted by atomic mass is 9.94. The molecule has 0 aliphatic carbocycles. The van der Waals surface area contributed by atoms with Crippen molar-refractivity contribution in [3.05, 3.63) is 29.7 Å². The molecule has 0 aliphatic rings. The summed E-state index contributed by atoms with van der Waals surface area (Å²) in [6, 6.07) is 3.69. The number of ketones is 1. The van der Waals surface area contributed by atoms with Gasteiger partial charge in [-0.25, -0.2) is 4.98 Å². The molecule has 0 spiro atoms. The number of hydrogen-bond donors (Lipinski definition) is 0. The molecular formula is C21H30N2O4. The minimum atomic E-state index is -0.521. The third-order valence-corrected chi connectivity index (χ3v) is 4.28. The van der Waals surface area contributed by atoms with E-state index in [4.69, 9.17) is 9.47 Å². The summed E-state index contributed by atoms with van der Waals surface area (Å²) >= 11 is 0. The molecule has 0 saturated heterocycles. The van der Waals surface area contributed by atoms with E-state index in [9.17, 15) is 9.59 Å². The highest BCUT2D eigenvalue weighted by Crippen LogP contribution is 2.25. The number of ether oxygens (including phenoxy) is 2. The normalized spacial score (nSPS) is 12.8. The lowest BCUT2D eigenvalue weighted by Crippen LogP contribution is -2.25. The van der Waals surface area contributed by atoms with E-state index < -0.39 is 5.60 Å². The molecule has 0 fully saturated rings. The summed E-state index contributed by atoms with van der Waals surface area (Å²) in [6.07, 6.45) is 3.06. The molecule has 0 radical (unpaired) electrons. The van der Waals surface area contributed by atoms with E-state index in [2.05, 4.69) is 4.98 Å². The number of fused-ring (bicyclic) bond motifs is 1. The topological polar surface area (TPSA) is 69.9 Å². The molecule has 0 aliphatic heterocycles. The summed E-state index contributed by atoms with van der Waals surface area (Å²) in [4.78, 5) is 29.6. The minimum absolute atomic E-state index is 0.0240. The molecule has 2 aromatic rings. The van der Waals surface area contributed by atoms with Crippen LogP contribution in [-0.2, 0) is 9.53 Å². The second-order valence-corrected chi connectivity index (χ2v) is 7.74. The number of nitrogens with zero attached hydrogens (tertiary/aromatic N) is 2. The number of Topliss-reactive ketones (excluding diaryl/α,β-unsaturated/α-hetero) is 1. The van der Waals surface area contributed by atoms with Gasteiger partial charge in [-0.1, -0.05) is 13.3 Å². The van der Waals surface area contributed by atoms with Gasteiger partial charge in [0, 0.05) is 19.0 Å². The highest BCUT2D eigenvalue weighted by molar-refractivity contribution is 5.97. The number of carbonyl (C=O) groups excluding carboxylic acids is 2. The number of rotatable bonds is 8. The molecule has 0 unspecified atom stereocenters. The maximum atomic E-state index is 13.0. The number of carbonyl (C=O) groups is 2. The maximum absolute atomic E-state index is 13.0. The molecule has 6 heteroatoms. The molecule has 2 heterocycles. The Morgan fingerprint density at radius 3 is 2.52 bits per heavy atom. The van der Waals surface area contributed by atoms with Crippen molar-refractivity contribution < 1.29 is 19.1 Å². The second-order valence-electron chi connectivity index (χ2n) is 7.74. The summed E-state index contributed by atoms with van der Waals surface area (Å²) < 4.78 is 12.8. The standard InChI is InChI=1S/C21H30N2O4/c1-7-15(13-18(25)27-21(4,5)6)12-16(24)19-14(3)22-20-17(26-8-2)10-9-11-23(19)20/h9-11,15H,7-8,12-13H2,1-6H3/t15-/m0/s1. The van der Waals surface area contributed by atoms with E-state index in [1.54, 1.807) is 4.40 Å². The van der Waals surface area contributed by atoms with Gasteiger partial charge < -0.3 is 9.47 Å². The van der Waals surface area contributed by atoms with Gasteiger partial charge in [0.25, 0.3) is 0 Å². The number of pyridine rings is 1. The van der Waals surface area contributed by atoms with Gasteiger partial charge in [0.05, 0.1) is 12.3 Å². The van der Waals surface area contributed by atoms with Crippen LogP contribution in [0, 0.1) is 12.8 Å². The second kappa shape index (κ2) is 8.55. The van der Waals surface area contributed by atoms with Crippen LogP contribution in [-0.4, -0.2) is 33.3 Å². The van der Waals surface area contributed by atoms with Crippen molar-refractivity contribution in [1.82, 2.24) is 9.38 Å². The Bertz CT molecular complexity index is 817. The van der Waals surface area contributed by atoms with Crippen LogP contribution in [0.4, 0.5) is 0 Å². The van der Waals surface area contributed by atoms with E-state index in [1.807, 2.05) is 59.9 Å². The van der Waals surface area contributed by atoms with Gasteiger partial charge in [0.2, 0.25) is 0 Å². The average molecular weight is 374 g/mol. The minimum Gasteiger partial charge on any atom is -0.490 e. The first kappa shape index (κ1) is 20.9. The molecule has 1 atom stereocenters. The van der Waals surface area contributed by atoms with Crippen molar-refractivity contribution in [2.24, 2.45) is 5.92 Å². The molecule has 148 valence electrons. The van der Waals surface area contributed by atoms with Gasteiger partial charge in [0.15, 0.2) is 17.2 Å². The van der Waals surface area contributed by atoms with Gasteiger partial charge in [-0.05, 0) is 52.7 Å². The van der Waals surface area contributed by atoms with Gasteiger partial charge in [0.1, 0.15) is 11.3 Å². The van der Waals surface area contributed by atoms with Crippen LogP contribution < -0.4 is 4.74 Å². The van der Waals surface area contributed by atoms with Crippen LogP contribution in [0.2, 0.25) is 0 Å². The highest BCUT2D eigenvalue weighted by Gasteiger charge is 2.25. The Balaban J connectivity index is 2.20. The van der Waals surface area contributed by atoms with Crippen molar-refractivity contribution in [2.75, 3.05) is 6.61 Å². The van der Waals surface area contributed by atoms with Crippen LogP contribution in [0.15, 0.2) is 18.3 Å². The van der Waals surface area contributed by atoms with Gasteiger partial charge in [-0.15, -0.1) is 0 Å². The molecule has 27 heavy (non-hydrogen) atoms. The number of hydrogen-bond acceptors (Lipinski definition) is 5. The third kappa shape index (κ3) is 5.31. The quantitative estimate of drug-likeness (QED) is 0.507. The summed E-state index contributed by atoms with van der Waals surface area (Å²) in [7, 11) is 0. The predicted molar refractivity (Wildman–Crippen MR) is 104 cm³/mol. The molecule has 2 rings (SSSR count). The smallest absolute Gasteiger partial charge is 0.306 e. The Labute approximate surface area is 160 Å². The number of imidazole rings is 1. The first-order chi connectivity index (χ1) is 12.7. The van der Waals surface area contributed by atoms with E-state index in [1.165, 1.54) is 0 Å². The number of esters is 1. The fraction of sp³-hybridized carbons (Fsp3) is 0.571. The molecule has 0 saturated carbocycles. The maximum Gasteiger partial charge on any atom is 0.306 e. The predicted octanol–water partition coefficient (Wildman–Crippen LogP) is 4.37. The largest absolute Gasteiger partial charge is 0.490 e. The Kier molecular flexibility index (Phi) is 6.63. The van der Waals surface area contributed by atoms with Gasteiger partial charge >= 0.3 is 5.97 Å². The Morgan fingerprint density at radius 2 is 1.93 bits per heavy atom. The van der Waals surface area contributed by atoms with Crippen LogP contribution in [0.5, 0.6) is 5.75 Å². The van der Waals surface area contributed by atoms with E-state index in [0.717, 1.165) is 6.42 Å². The van der Waals surface area contributed by atoms with Crippen molar-refractivity contribution in [2.45, 2.75) is 66.4 Å². The fourth-order valence-corrected chi connectivity index (χ4v) is 3.10. The van der Waals surface area contributed by atoms with Crippen LogP contribution in [0.1, 0.15) is 70.1 Å². The summed E-state index contributed by atoms with van der Waals surface area (Å²) in [5.41, 5.74) is 1.33. The zero-order chi connectivity index (χ0) is 20.2. The first-order valence-corrected chi connectivity index (χ1v) is 9.51. The third-order valence-electron chi connectivity index (χ3n) is 4.28. The average Bonchev–Trinajstić information content (AvgIpc) is 2.89. The SMILES string of the molecule is CCOc1cccn2c(C(=O)C[C@H](CC)CC(=O)OC(C)(C)C)c(C)nc12. The first-order valence-electron chi connectivity index (χ1n) is 9.51. The Morgan fingerprint density at radius 1 is 1.22 bits per heavy atom.